The van der Waals surface area contributed by atoms with E-state index in [1.165, 1.54) is 0 Å². The molecule has 0 aliphatic heterocycles. The van der Waals surface area contributed by atoms with Crippen LogP contribution in [0.3, 0.4) is 0 Å². The number of benzene rings is 1. The quantitative estimate of drug-likeness (QED) is 0.739. The normalized spacial score (nSPS) is 11.6. The second-order valence-electron chi connectivity index (χ2n) is 3.42. The molecule has 5 heteroatoms. The molecule has 0 aliphatic carbocycles. The Kier molecular flexibility index (Phi) is 5.25. The van der Waals surface area contributed by atoms with Crippen LogP contribution in [0.2, 0.25) is 5.02 Å². The molecular formula is C11H15ClO3S. The zero-order valence-electron chi connectivity index (χ0n) is 9.15. The molecule has 1 aromatic carbocycles. The maximum atomic E-state index is 11.7. The molecule has 0 unspecified atom stereocenters. The fourth-order valence-electron chi connectivity index (χ4n) is 1.28. The molecule has 0 aromatic heterocycles. The summed E-state index contributed by atoms with van der Waals surface area (Å²) in [6.45, 7) is 2.62. The van der Waals surface area contributed by atoms with Crippen LogP contribution < -0.4 is 0 Å². The van der Waals surface area contributed by atoms with E-state index < -0.39 is 9.84 Å². The largest absolute Gasteiger partial charge is 0.381 e. The van der Waals surface area contributed by atoms with Gasteiger partial charge in [0.15, 0.2) is 9.84 Å². The molecule has 90 valence electrons. The fraction of sp³-hybridized carbons (Fsp3) is 0.455. The van der Waals surface area contributed by atoms with Crippen molar-refractivity contribution in [1.29, 1.82) is 0 Å². The Labute approximate surface area is 101 Å². The molecule has 0 atom stereocenters. The minimum Gasteiger partial charge on any atom is -0.381 e. The summed E-state index contributed by atoms with van der Waals surface area (Å²) >= 11 is 5.78. The first kappa shape index (κ1) is 13.5. The highest BCUT2D eigenvalue weighted by Crippen LogP contribution is 2.13. The van der Waals surface area contributed by atoms with Crippen molar-refractivity contribution in [2.45, 2.75) is 12.7 Å². The predicted molar refractivity (Wildman–Crippen MR) is 65.4 cm³/mol. The van der Waals surface area contributed by atoms with E-state index in [4.69, 9.17) is 16.3 Å². The summed E-state index contributed by atoms with van der Waals surface area (Å²) in [5, 5.41) is 0.553. The van der Waals surface area contributed by atoms with Crippen molar-refractivity contribution in [3.63, 3.8) is 0 Å². The van der Waals surface area contributed by atoms with Crippen molar-refractivity contribution in [2.24, 2.45) is 0 Å². The van der Waals surface area contributed by atoms with E-state index in [1.54, 1.807) is 24.3 Å². The van der Waals surface area contributed by atoms with Crippen LogP contribution in [0.15, 0.2) is 24.3 Å². The zero-order chi connectivity index (χ0) is 12.0. The molecule has 0 aliphatic rings. The molecule has 0 saturated heterocycles. The Morgan fingerprint density at radius 1 is 1.38 bits per heavy atom. The highest BCUT2D eigenvalue weighted by Gasteiger charge is 2.11. The highest BCUT2D eigenvalue weighted by atomic mass is 35.5. The van der Waals surface area contributed by atoms with Crippen LogP contribution in [-0.2, 0) is 20.3 Å². The van der Waals surface area contributed by atoms with Crippen molar-refractivity contribution >= 4 is 21.4 Å². The van der Waals surface area contributed by atoms with E-state index in [0.29, 0.717) is 17.2 Å². The van der Waals surface area contributed by atoms with E-state index >= 15 is 0 Å². The first-order valence-electron chi connectivity index (χ1n) is 5.06. The highest BCUT2D eigenvalue weighted by molar-refractivity contribution is 7.90. The predicted octanol–water partition coefficient (Wildman–Crippen LogP) is 2.29. The van der Waals surface area contributed by atoms with Gasteiger partial charge in [-0.3, -0.25) is 0 Å². The molecule has 0 radical (unpaired) electrons. The van der Waals surface area contributed by atoms with Gasteiger partial charge in [0, 0.05) is 11.6 Å². The van der Waals surface area contributed by atoms with E-state index in [2.05, 4.69) is 0 Å². The Bertz CT molecular complexity index is 429. The van der Waals surface area contributed by atoms with Crippen LogP contribution in [0.25, 0.3) is 0 Å². The van der Waals surface area contributed by atoms with Crippen LogP contribution in [0, 0.1) is 0 Å². The Hall–Kier alpha value is -0.580. The van der Waals surface area contributed by atoms with Crippen LogP contribution in [0.1, 0.15) is 12.5 Å². The van der Waals surface area contributed by atoms with E-state index in [0.717, 1.165) is 0 Å². The van der Waals surface area contributed by atoms with Gasteiger partial charge in [0.2, 0.25) is 0 Å². The molecule has 0 bridgehead atoms. The van der Waals surface area contributed by atoms with Gasteiger partial charge in [-0.25, -0.2) is 8.42 Å². The third kappa shape index (κ3) is 4.96. The lowest BCUT2D eigenvalue weighted by Crippen LogP contribution is -2.14. The molecule has 0 saturated carbocycles. The van der Waals surface area contributed by atoms with Gasteiger partial charge in [-0.2, -0.15) is 0 Å². The standard InChI is InChI=1S/C11H15ClO3S/c1-2-15-6-7-16(13,14)9-10-4-3-5-11(12)8-10/h3-5,8H,2,6-7,9H2,1H3. The lowest BCUT2D eigenvalue weighted by Gasteiger charge is -2.05. The van der Waals surface area contributed by atoms with Gasteiger partial charge >= 0.3 is 0 Å². The molecular weight excluding hydrogens is 248 g/mol. The summed E-state index contributed by atoms with van der Waals surface area (Å²) in [6, 6.07) is 6.89. The number of hydrogen-bond donors (Lipinski definition) is 0. The number of rotatable bonds is 6. The second kappa shape index (κ2) is 6.23. The summed E-state index contributed by atoms with van der Waals surface area (Å²) in [6.07, 6.45) is 0. The van der Waals surface area contributed by atoms with Crippen molar-refractivity contribution in [1.82, 2.24) is 0 Å². The Balaban J connectivity index is 2.59. The molecule has 0 heterocycles. The number of sulfone groups is 1. The van der Waals surface area contributed by atoms with Crippen molar-refractivity contribution in [3.8, 4) is 0 Å². The maximum absolute atomic E-state index is 11.7. The Morgan fingerprint density at radius 2 is 2.12 bits per heavy atom. The number of hydrogen-bond acceptors (Lipinski definition) is 3. The van der Waals surface area contributed by atoms with Crippen molar-refractivity contribution in [3.05, 3.63) is 34.9 Å². The van der Waals surface area contributed by atoms with Crippen LogP contribution in [-0.4, -0.2) is 27.4 Å². The van der Waals surface area contributed by atoms with Gasteiger partial charge in [-0.1, -0.05) is 23.7 Å². The first-order valence-corrected chi connectivity index (χ1v) is 7.26. The molecule has 16 heavy (non-hydrogen) atoms. The molecule has 3 nitrogen and oxygen atoms in total. The van der Waals surface area contributed by atoms with Crippen molar-refractivity contribution < 1.29 is 13.2 Å². The minimum atomic E-state index is -3.11. The molecule has 0 fully saturated rings. The average Bonchev–Trinajstić information content (AvgIpc) is 2.17. The van der Waals surface area contributed by atoms with Gasteiger partial charge in [-0.15, -0.1) is 0 Å². The summed E-state index contributed by atoms with van der Waals surface area (Å²) in [4.78, 5) is 0. The molecule has 0 amide bonds. The van der Waals surface area contributed by atoms with Gasteiger partial charge in [-0.05, 0) is 24.6 Å². The molecule has 1 aromatic rings. The fourth-order valence-corrected chi connectivity index (χ4v) is 2.70. The molecule has 1 rings (SSSR count). The second-order valence-corrected chi connectivity index (χ2v) is 6.04. The lowest BCUT2D eigenvalue weighted by molar-refractivity contribution is 0.163. The summed E-state index contributed by atoms with van der Waals surface area (Å²) in [7, 11) is -3.11. The molecule has 0 spiro atoms. The van der Waals surface area contributed by atoms with Crippen LogP contribution in [0.5, 0.6) is 0 Å². The smallest absolute Gasteiger partial charge is 0.156 e. The van der Waals surface area contributed by atoms with Gasteiger partial charge < -0.3 is 4.74 Å². The third-order valence-corrected chi connectivity index (χ3v) is 3.82. The summed E-state index contributed by atoms with van der Waals surface area (Å²) in [5.74, 6) is 0.0635. The first-order chi connectivity index (χ1) is 7.53. The summed E-state index contributed by atoms with van der Waals surface area (Å²) < 4.78 is 28.4. The van der Waals surface area contributed by atoms with E-state index in [1.807, 2.05) is 6.92 Å². The lowest BCUT2D eigenvalue weighted by atomic mass is 10.2. The van der Waals surface area contributed by atoms with Crippen LogP contribution in [0.4, 0.5) is 0 Å². The van der Waals surface area contributed by atoms with Gasteiger partial charge in [0.1, 0.15) is 0 Å². The number of halogens is 1. The van der Waals surface area contributed by atoms with Gasteiger partial charge in [0.05, 0.1) is 18.1 Å². The van der Waals surface area contributed by atoms with Crippen LogP contribution >= 0.6 is 11.6 Å². The topological polar surface area (TPSA) is 43.4 Å². The van der Waals surface area contributed by atoms with Gasteiger partial charge in [0.25, 0.3) is 0 Å². The minimum absolute atomic E-state index is 0.0145. The van der Waals surface area contributed by atoms with Crippen molar-refractivity contribution in [2.75, 3.05) is 19.0 Å². The maximum Gasteiger partial charge on any atom is 0.156 e. The average molecular weight is 263 g/mol. The van der Waals surface area contributed by atoms with E-state index in [-0.39, 0.29) is 18.1 Å². The SMILES string of the molecule is CCOCCS(=O)(=O)Cc1cccc(Cl)c1. The Morgan fingerprint density at radius 3 is 2.75 bits per heavy atom. The molecule has 0 N–H and O–H groups in total. The third-order valence-electron chi connectivity index (χ3n) is 2.02. The number of ether oxygens (including phenoxy) is 1. The summed E-state index contributed by atoms with van der Waals surface area (Å²) in [5.41, 5.74) is 0.712. The zero-order valence-corrected chi connectivity index (χ0v) is 10.7. The van der Waals surface area contributed by atoms with E-state index in [9.17, 15) is 8.42 Å². The monoisotopic (exact) mass is 262 g/mol.